The molecule has 2 aliphatic rings. The molecule has 100 valence electrons. The van der Waals surface area contributed by atoms with Crippen LogP contribution in [0.1, 0.15) is 52.9 Å². The zero-order valence-electron chi connectivity index (χ0n) is 12.0. The van der Waals surface area contributed by atoms with E-state index in [9.17, 15) is 0 Å². The van der Waals surface area contributed by atoms with Crippen molar-refractivity contribution in [3.8, 4) is 0 Å². The number of nitrogens with zero attached hydrogens (tertiary/aromatic N) is 1. The summed E-state index contributed by atoms with van der Waals surface area (Å²) in [6, 6.07) is 0.807. The third-order valence-electron chi connectivity index (χ3n) is 4.63. The summed E-state index contributed by atoms with van der Waals surface area (Å²) >= 11 is 0. The molecule has 0 aromatic heterocycles. The molecule has 0 unspecified atom stereocenters. The Labute approximate surface area is 107 Å². The van der Waals surface area contributed by atoms with Crippen molar-refractivity contribution in [1.29, 1.82) is 0 Å². The Hall–Kier alpha value is -0.0800. The molecule has 1 aliphatic carbocycles. The van der Waals surface area contributed by atoms with Gasteiger partial charge in [-0.2, -0.15) is 0 Å². The molecule has 2 rings (SSSR count). The van der Waals surface area contributed by atoms with Gasteiger partial charge in [-0.15, -0.1) is 0 Å². The molecule has 1 aliphatic heterocycles. The van der Waals surface area contributed by atoms with E-state index in [1.807, 2.05) is 0 Å². The summed E-state index contributed by atoms with van der Waals surface area (Å²) in [6.07, 6.45) is 7.01. The lowest BCUT2D eigenvalue weighted by Gasteiger charge is -2.28. The van der Waals surface area contributed by atoms with Crippen LogP contribution in [0.5, 0.6) is 0 Å². The van der Waals surface area contributed by atoms with Gasteiger partial charge in [0.05, 0.1) is 0 Å². The topological polar surface area (TPSA) is 15.3 Å². The van der Waals surface area contributed by atoms with Gasteiger partial charge < -0.3 is 10.2 Å². The van der Waals surface area contributed by atoms with E-state index in [0.717, 1.165) is 12.0 Å². The van der Waals surface area contributed by atoms with Crippen molar-refractivity contribution in [2.24, 2.45) is 11.3 Å². The van der Waals surface area contributed by atoms with Crippen molar-refractivity contribution < 1.29 is 0 Å². The molecule has 0 aromatic rings. The molecule has 0 aromatic carbocycles. The summed E-state index contributed by atoms with van der Waals surface area (Å²) in [5.41, 5.74) is 0.556. The van der Waals surface area contributed by atoms with Crippen molar-refractivity contribution in [2.45, 2.75) is 58.9 Å². The molecule has 2 heteroatoms. The van der Waals surface area contributed by atoms with Gasteiger partial charge in [0.2, 0.25) is 0 Å². The first-order chi connectivity index (χ1) is 8.05. The molecular weight excluding hydrogens is 208 g/mol. The first-order valence-corrected chi connectivity index (χ1v) is 7.51. The van der Waals surface area contributed by atoms with E-state index >= 15 is 0 Å². The molecule has 0 spiro atoms. The molecule has 0 bridgehead atoms. The van der Waals surface area contributed by atoms with Crippen LogP contribution in [0, 0.1) is 11.3 Å². The quantitative estimate of drug-likeness (QED) is 0.810. The Kier molecular flexibility index (Phi) is 4.48. The molecule has 1 N–H and O–H groups in total. The number of likely N-dealkylation sites (tertiary alicyclic amines) is 1. The fourth-order valence-corrected chi connectivity index (χ4v) is 3.31. The summed E-state index contributed by atoms with van der Waals surface area (Å²) in [6.45, 7) is 12.2. The Balaban J connectivity index is 1.57. The van der Waals surface area contributed by atoms with Crippen LogP contribution in [0.2, 0.25) is 0 Å². The van der Waals surface area contributed by atoms with Crippen LogP contribution in [-0.2, 0) is 0 Å². The number of hydrogen-bond acceptors (Lipinski definition) is 2. The standard InChI is InChI=1S/C15H30N2/c1-13-4-6-14(7-5-13)16-9-11-17-10-8-15(2,3)12-17/h13-14,16H,4-12H2,1-3H3. The molecule has 0 amide bonds. The lowest BCUT2D eigenvalue weighted by molar-refractivity contribution is 0.266. The predicted molar refractivity (Wildman–Crippen MR) is 74.3 cm³/mol. The Morgan fingerprint density at radius 2 is 1.88 bits per heavy atom. The first-order valence-electron chi connectivity index (χ1n) is 7.51. The Morgan fingerprint density at radius 1 is 1.18 bits per heavy atom. The van der Waals surface area contributed by atoms with Crippen LogP contribution in [0.15, 0.2) is 0 Å². The number of hydrogen-bond donors (Lipinski definition) is 1. The van der Waals surface area contributed by atoms with Gasteiger partial charge in [-0.1, -0.05) is 20.8 Å². The normalized spacial score (nSPS) is 34.1. The third-order valence-corrected chi connectivity index (χ3v) is 4.63. The van der Waals surface area contributed by atoms with Crippen molar-refractivity contribution >= 4 is 0 Å². The van der Waals surface area contributed by atoms with Crippen molar-refractivity contribution in [3.05, 3.63) is 0 Å². The van der Waals surface area contributed by atoms with E-state index in [-0.39, 0.29) is 0 Å². The lowest BCUT2D eigenvalue weighted by Crippen LogP contribution is -2.38. The molecule has 17 heavy (non-hydrogen) atoms. The van der Waals surface area contributed by atoms with Crippen LogP contribution >= 0.6 is 0 Å². The van der Waals surface area contributed by atoms with E-state index in [1.54, 1.807) is 0 Å². The van der Waals surface area contributed by atoms with Gasteiger partial charge >= 0.3 is 0 Å². The van der Waals surface area contributed by atoms with E-state index in [1.165, 1.54) is 58.3 Å². The van der Waals surface area contributed by atoms with E-state index in [4.69, 9.17) is 0 Å². The molecule has 2 nitrogen and oxygen atoms in total. The molecule has 1 heterocycles. The second-order valence-corrected chi connectivity index (χ2v) is 7.10. The van der Waals surface area contributed by atoms with Gasteiger partial charge in [-0.3, -0.25) is 0 Å². The maximum Gasteiger partial charge on any atom is 0.0107 e. The highest BCUT2D eigenvalue weighted by Gasteiger charge is 2.28. The largest absolute Gasteiger partial charge is 0.313 e. The average Bonchev–Trinajstić information content (AvgIpc) is 2.61. The van der Waals surface area contributed by atoms with Crippen molar-refractivity contribution in [2.75, 3.05) is 26.2 Å². The smallest absolute Gasteiger partial charge is 0.0107 e. The second-order valence-electron chi connectivity index (χ2n) is 7.10. The summed E-state index contributed by atoms with van der Waals surface area (Å²) in [7, 11) is 0. The first kappa shape index (κ1) is 13.4. The van der Waals surface area contributed by atoms with Crippen molar-refractivity contribution in [3.63, 3.8) is 0 Å². The van der Waals surface area contributed by atoms with Crippen LogP contribution in [0.25, 0.3) is 0 Å². The number of nitrogens with one attached hydrogen (secondary N) is 1. The summed E-state index contributed by atoms with van der Waals surface area (Å²) in [5, 5.41) is 3.75. The molecule has 2 fully saturated rings. The van der Waals surface area contributed by atoms with Gasteiger partial charge in [0.1, 0.15) is 0 Å². The van der Waals surface area contributed by atoms with Crippen LogP contribution in [0.4, 0.5) is 0 Å². The Morgan fingerprint density at radius 3 is 2.47 bits per heavy atom. The zero-order valence-corrected chi connectivity index (χ0v) is 12.0. The average molecular weight is 238 g/mol. The highest BCUT2D eigenvalue weighted by atomic mass is 15.2. The molecule has 1 saturated heterocycles. The van der Waals surface area contributed by atoms with Crippen molar-refractivity contribution in [1.82, 2.24) is 10.2 Å². The SMILES string of the molecule is CC1CCC(NCCN2CCC(C)(C)C2)CC1. The van der Waals surface area contributed by atoms with E-state index in [2.05, 4.69) is 31.0 Å². The minimum atomic E-state index is 0.556. The fraction of sp³-hybridized carbons (Fsp3) is 1.00. The minimum absolute atomic E-state index is 0.556. The van der Waals surface area contributed by atoms with Gasteiger partial charge in [0.25, 0.3) is 0 Å². The van der Waals surface area contributed by atoms with Gasteiger partial charge in [0.15, 0.2) is 0 Å². The molecule has 0 radical (unpaired) electrons. The van der Waals surface area contributed by atoms with Crippen LogP contribution in [0.3, 0.4) is 0 Å². The predicted octanol–water partition coefficient (Wildman–Crippen LogP) is 2.89. The second kappa shape index (κ2) is 5.71. The lowest BCUT2D eigenvalue weighted by atomic mass is 9.87. The maximum atomic E-state index is 3.75. The summed E-state index contributed by atoms with van der Waals surface area (Å²) in [4.78, 5) is 2.62. The monoisotopic (exact) mass is 238 g/mol. The van der Waals surface area contributed by atoms with Gasteiger partial charge in [-0.05, 0) is 50.0 Å². The van der Waals surface area contributed by atoms with Crippen LogP contribution < -0.4 is 5.32 Å². The Bertz CT molecular complexity index is 229. The molecule has 1 saturated carbocycles. The molecular formula is C15H30N2. The summed E-state index contributed by atoms with van der Waals surface area (Å²) in [5.74, 6) is 0.965. The highest BCUT2D eigenvalue weighted by Crippen LogP contribution is 2.28. The number of rotatable bonds is 4. The van der Waals surface area contributed by atoms with E-state index in [0.29, 0.717) is 5.41 Å². The highest BCUT2D eigenvalue weighted by molar-refractivity contribution is 4.83. The fourth-order valence-electron chi connectivity index (χ4n) is 3.31. The van der Waals surface area contributed by atoms with Gasteiger partial charge in [0, 0.05) is 25.7 Å². The summed E-state index contributed by atoms with van der Waals surface area (Å²) < 4.78 is 0. The third kappa shape index (κ3) is 4.26. The zero-order chi connectivity index (χ0) is 12.3. The van der Waals surface area contributed by atoms with Crippen LogP contribution in [-0.4, -0.2) is 37.1 Å². The maximum absolute atomic E-state index is 3.75. The minimum Gasteiger partial charge on any atom is -0.313 e. The molecule has 0 atom stereocenters. The van der Waals surface area contributed by atoms with Gasteiger partial charge in [-0.25, -0.2) is 0 Å². The van der Waals surface area contributed by atoms with E-state index < -0.39 is 0 Å².